The van der Waals surface area contributed by atoms with Crippen LogP contribution in [0.4, 0.5) is 11.4 Å². The van der Waals surface area contributed by atoms with Crippen molar-refractivity contribution in [1.29, 1.82) is 5.26 Å². The lowest BCUT2D eigenvalue weighted by molar-refractivity contribution is -0.917. The van der Waals surface area contributed by atoms with E-state index in [4.69, 9.17) is 0 Å². The van der Waals surface area contributed by atoms with Gasteiger partial charge in [0, 0.05) is 30.5 Å². The Hall–Kier alpha value is -2.91. The fraction of sp³-hybridized carbons (Fsp3) is 0.316. The standard InChI is InChI=1S/C19H20N4O2/c20-13-16-12-17(23(24)25)8-9-18(16)21-14-19(22-10-4-5-11-22)15-6-2-1-3-7-15/h1-3,6-9,12,19,21H,4-5,10-11,14H2/p+1/t19-/m0/s1. The number of nitriles is 1. The summed E-state index contributed by atoms with van der Waals surface area (Å²) in [6, 6.07) is 17.1. The second-order valence-corrected chi connectivity index (χ2v) is 6.31. The summed E-state index contributed by atoms with van der Waals surface area (Å²) in [6.45, 7) is 2.98. The van der Waals surface area contributed by atoms with Crippen LogP contribution in [0.25, 0.3) is 0 Å². The number of hydrogen-bond donors (Lipinski definition) is 2. The van der Waals surface area contributed by atoms with E-state index in [9.17, 15) is 15.4 Å². The molecule has 1 heterocycles. The van der Waals surface area contributed by atoms with Gasteiger partial charge in [-0.3, -0.25) is 10.1 Å². The van der Waals surface area contributed by atoms with Crippen molar-refractivity contribution in [2.45, 2.75) is 18.9 Å². The number of hydrogen-bond acceptors (Lipinski definition) is 4. The maximum Gasteiger partial charge on any atom is 0.270 e. The fourth-order valence-electron chi connectivity index (χ4n) is 3.47. The van der Waals surface area contributed by atoms with E-state index in [2.05, 4.69) is 23.5 Å². The van der Waals surface area contributed by atoms with Gasteiger partial charge in [-0.05, 0) is 6.07 Å². The molecule has 0 unspecified atom stereocenters. The highest BCUT2D eigenvalue weighted by atomic mass is 16.6. The summed E-state index contributed by atoms with van der Waals surface area (Å²) in [5.41, 5.74) is 2.16. The molecule has 0 bridgehead atoms. The summed E-state index contributed by atoms with van der Waals surface area (Å²) in [4.78, 5) is 11.9. The van der Waals surface area contributed by atoms with E-state index in [-0.39, 0.29) is 5.69 Å². The molecule has 0 saturated carbocycles. The summed E-state index contributed by atoms with van der Waals surface area (Å²) in [6.07, 6.45) is 2.47. The molecule has 0 aromatic heterocycles. The topological polar surface area (TPSA) is 83.4 Å². The number of nitro benzene ring substituents is 1. The lowest BCUT2D eigenvalue weighted by Gasteiger charge is -2.26. The minimum atomic E-state index is -0.480. The van der Waals surface area contributed by atoms with Crippen LogP contribution in [-0.4, -0.2) is 24.6 Å². The van der Waals surface area contributed by atoms with Gasteiger partial charge in [-0.25, -0.2) is 0 Å². The van der Waals surface area contributed by atoms with Crippen LogP contribution in [0.15, 0.2) is 48.5 Å². The Morgan fingerprint density at radius 3 is 2.56 bits per heavy atom. The maximum atomic E-state index is 10.9. The monoisotopic (exact) mass is 337 g/mol. The lowest BCUT2D eigenvalue weighted by Crippen LogP contribution is -3.11. The third-order valence-electron chi connectivity index (χ3n) is 4.77. The first-order valence-electron chi connectivity index (χ1n) is 8.51. The number of non-ortho nitro benzene ring substituents is 1. The van der Waals surface area contributed by atoms with Crippen LogP contribution in [0.2, 0.25) is 0 Å². The molecule has 0 aliphatic carbocycles. The van der Waals surface area contributed by atoms with Crippen molar-refractivity contribution in [1.82, 2.24) is 0 Å². The maximum absolute atomic E-state index is 10.9. The Labute approximate surface area is 146 Å². The number of benzene rings is 2. The van der Waals surface area contributed by atoms with Gasteiger partial charge in [0.25, 0.3) is 5.69 Å². The minimum Gasteiger partial charge on any atom is -0.378 e. The van der Waals surface area contributed by atoms with Gasteiger partial charge in [0.15, 0.2) is 0 Å². The molecule has 2 aromatic carbocycles. The van der Waals surface area contributed by atoms with Crippen LogP contribution < -0.4 is 10.2 Å². The van der Waals surface area contributed by atoms with Crippen LogP contribution in [0.3, 0.4) is 0 Å². The van der Waals surface area contributed by atoms with Gasteiger partial charge < -0.3 is 10.2 Å². The fourth-order valence-corrected chi connectivity index (χ4v) is 3.47. The predicted octanol–water partition coefficient (Wildman–Crippen LogP) is 2.30. The Kier molecular flexibility index (Phi) is 5.26. The third-order valence-corrected chi connectivity index (χ3v) is 4.77. The molecule has 0 amide bonds. The average molecular weight is 337 g/mol. The number of anilines is 1. The number of likely N-dealkylation sites (tertiary alicyclic amines) is 1. The molecule has 25 heavy (non-hydrogen) atoms. The highest BCUT2D eigenvalue weighted by Gasteiger charge is 2.27. The van der Waals surface area contributed by atoms with E-state index in [1.165, 1.54) is 30.5 Å². The molecular weight excluding hydrogens is 316 g/mol. The molecule has 128 valence electrons. The summed E-state index contributed by atoms with van der Waals surface area (Å²) in [5, 5.41) is 23.5. The van der Waals surface area contributed by atoms with E-state index < -0.39 is 4.92 Å². The molecule has 0 spiro atoms. The first-order valence-corrected chi connectivity index (χ1v) is 8.51. The molecule has 2 N–H and O–H groups in total. The molecule has 1 fully saturated rings. The normalized spacial score (nSPS) is 15.5. The van der Waals surface area contributed by atoms with Gasteiger partial charge in [-0.15, -0.1) is 0 Å². The summed E-state index contributed by atoms with van der Waals surface area (Å²) < 4.78 is 0. The Balaban J connectivity index is 1.79. The quantitative estimate of drug-likeness (QED) is 0.626. The number of nitrogens with zero attached hydrogens (tertiary/aromatic N) is 2. The van der Waals surface area contributed by atoms with E-state index in [1.54, 1.807) is 11.0 Å². The Bertz CT molecular complexity index is 780. The molecule has 1 aliphatic heterocycles. The van der Waals surface area contributed by atoms with Crippen molar-refractivity contribution in [2.24, 2.45) is 0 Å². The molecular formula is C19H21N4O2+. The van der Waals surface area contributed by atoms with E-state index in [1.807, 2.05) is 18.2 Å². The van der Waals surface area contributed by atoms with Crippen molar-refractivity contribution in [3.63, 3.8) is 0 Å². The SMILES string of the molecule is N#Cc1cc([N+](=O)[O-])ccc1NC[C@@H](c1ccccc1)[NH+]1CCCC1. The summed E-state index contributed by atoms with van der Waals surface area (Å²) in [5.74, 6) is 0. The number of nitro groups is 1. The Morgan fingerprint density at radius 1 is 1.20 bits per heavy atom. The number of nitrogens with one attached hydrogen (secondary N) is 2. The molecule has 0 radical (unpaired) electrons. The van der Waals surface area contributed by atoms with E-state index in [0.717, 1.165) is 13.1 Å². The zero-order chi connectivity index (χ0) is 17.6. The second kappa shape index (κ2) is 7.77. The third kappa shape index (κ3) is 3.95. The first kappa shape index (κ1) is 16.9. The molecule has 6 nitrogen and oxygen atoms in total. The summed E-state index contributed by atoms with van der Waals surface area (Å²) in [7, 11) is 0. The van der Waals surface area contributed by atoms with Crippen LogP contribution in [0.1, 0.15) is 30.0 Å². The van der Waals surface area contributed by atoms with Crippen LogP contribution in [-0.2, 0) is 0 Å². The molecule has 3 rings (SSSR count). The highest BCUT2D eigenvalue weighted by molar-refractivity contribution is 5.61. The van der Waals surface area contributed by atoms with Gasteiger partial charge in [-0.2, -0.15) is 5.26 Å². The zero-order valence-electron chi connectivity index (χ0n) is 13.9. The Morgan fingerprint density at radius 2 is 1.92 bits per heavy atom. The lowest BCUT2D eigenvalue weighted by atomic mass is 10.0. The zero-order valence-corrected chi connectivity index (χ0v) is 13.9. The largest absolute Gasteiger partial charge is 0.378 e. The second-order valence-electron chi connectivity index (χ2n) is 6.31. The summed E-state index contributed by atoms with van der Waals surface area (Å²) >= 11 is 0. The van der Waals surface area contributed by atoms with Gasteiger partial charge in [0.05, 0.1) is 35.8 Å². The van der Waals surface area contributed by atoms with Crippen LogP contribution >= 0.6 is 0 Å². The van der Waals surface area contributed by atoms with Crippen molar-refractivity contribution in [2.75, 3.05) is 25.0 Å². The van der Waals surface area contributed by atoms with E-state index in [0.29, 0.717) is 23.8 Å². The highest BCUT2D eigenvalue weighted by Crippen LogP contribution is 2.22. The van der Waals surface area contributed by atoms with Crippen molar-refractivity contribution in [3.8, 4) is 6.07 Å². The van der Waals surface area contributed by atoms with Gasteiger partial charge in [0.2, 0.25) is 0 Å². The number of quaternary nitrogens is 1. The molecule has 2 aromatic rings. The molecule has 1 atom stereocenters. The van der Waals surface area contributed by atoms with Gasteiger partial charge in [0.1, 0.15) is 12.1 Å². The average Bonchev–Trinajstić information content (AvgIpc) is 3.17. The van der Waals surface area contributed by atoms with Gasteiger partial charge >= 0.3 is 0 Å². The smallest absolute Gasteiger partial charge is 0.270 e. The van der Waals surface area contributed by atoms with Gasteiger partial charge in [-0.1, -0.05) is 30.3 Å². The molecule has 1 saturated heterocycles. The molecule has 1 aliphatic rings. The van der Waals surface area contributed by atoms with E-state index >= 15 is 0 Å². The van der Waals surface area contributed by atoms with Crippen molar-refractivity contribution >= 4 is 11.4 Å². The predicted molar refractivity (Wildman–Crippen MR) is 95.4 cm³/mol. The first-order chi connectivity index (χ1) is 12.2. The van der Waals surface area contributed by atoms with Crippen molar-refractivity contribution in [3.05, 3.63) is 69.8 Å². The van der Waals surface area contributed by atoms with Crippen LogP contribution in [0, 0.1) is 21.4 Å². The van der Waals surface area contributed by atoms with Crippen molar-refractivity contribution < 1.29 is 9.82 Å². The minimum absolute atomic E-state index is 0.0631. The molecule has 6 heteroatoms. The number of rotatable bonds is 6. The van der Waals surface area contributed by atoms with Crippen LogP contribution in [0.5, 0.6) is 0 Å².